The maximum absolute atomic E-state index is 11.5. The molecule has 0 spiro atoms. The van der Waals surface area contributed by atoms with E-state index in [9.17, 15) is 4.21 Å². The Morgan fingerprint density at radius 1 is 1.08 bits per heavy atom. The van der Waals surface area contributed by atoms with Crippen molar-refractivity contribution in [3.8, 4) is 0 Å². The van der Waals surface area contributed by atoms with Gasteiger partial charge in [-0.05, 0) is 13.8 Å². The molecule has 0 atom stereocenters. The minimum atomic E-state index is -1.02. The fraction of sp³-hybridized carbons (Fsp3) is 0.500. The highest BCUT2D eigenvalue weighted by molar-refractivity contribution is 7.93. The molecule has 0 unspecified atom stereocenters. The number of rotatable bonds is 0. The lowest BCUT2D eigenvalue weighted by Gasteiger charge is -2.18. The maximum Gasteiger partial charge on any atom is 0.174 e. The van der Waals surface area contributed by atoms with Crippen molar-refractivity contribution in [2.45, 2.75) is 13.8 Å². The van der Waals surface area contributed by atoms with E-state index in [1.54, 1.807) is 0 Å². The largest absolute Gasteiger partial charge is 0.485 e. The molecule has 2 aliphatic heterocycles. The van der Waals surface area contributed by atoms with Gasteiger partial charge in [-0.2, -0.15) is 0 Å². The highest BCUT2D eigenvalue weighted by Gasteiger charge is 2.31. The van der Waals surface area contributed by atoms with Gasteiger partial charge < -0.3 is 9.47 Å². The first-order valence-electron chi connectivity index (χ1n) is 3.81. The molecule has 0 bridgehead atoms. The molecule has 1 saturated heterocycles. The van der Waals surface area contributed by atoms with Gasteiger partial charge in [0.1, 0.15) is 13.2 Å². The maximum atomic E-state index is 11.5. The minimum Gasteiger partial charge on any atom is -0.485 e. The lowest BCUT2D eigenvalue weighted by atomic mass is 10.3. The van der Waals surface area contributed by atoms with Crippen LogP contribution in [0.15, 0.2) is 21.3 Å². The molecule has 0 radical (unpaired) electrons. The molecule has 0 amide bonds. The number of hydrogen-bond acceptors (Lipinski definition) is 3. The third kappa shape index (κ3) is 0.909. The Kier molecular flexibility index (Phi) is 1.72. The van der Waals surface area contributed by atoms with E-state index < -0.39 is 10.8 Å². The zero-order valence-electron chi connectivity index (χ0n) is 7.05. The second-order valence-electron chi connectivity index (χ2n) is 2.74. The van der Waals surface area contributed by atoms with Crippen LogP contribution in [0.1, 0.15) is 13.8 Å². The van der Waals surface area contributed by atoms with Crippen molar-refractivity contribution in [1.29, 1.82) is 0 Å². The van der Waals surface area contributed by atoms with E-state index in [1.807, 2.05) is 13.8 Å². The Hall–Kier alpha value is -0.770. The molecule has 0 aromatic heterocycles. The predicted molar refractivity (Wildman–Crippen MR) is 45.4 cm³/mol. The third-order valence-electron chi connectivity index (χ3n) is 1.98. The normalized spacial score (nSPS) is 23.8. The number of ether oxygens (including phenoxy) is 2. The molecule has 12 heavy (non-hydrogen) atoms. The van der Waals surface area contributed by atoms with Gasteiger partial charge in [-0.15, -0.1) is 0 Å². The van der Waals surface area contributed by atoms with Crippen LogP contribution in [0.2, 0.25) is 0 Å². The number of allylic oxidation sites excluding steroid dienone is 2. The summed E-state index contributed by atoms with van der Waals surface area (Å²) in [7, 11) is -1.02. The number of hydrogen-bond donors (Lipinski definition) is 0. The molecule has 2 heterocycles. The fourth-order valence-electron chi connectivity index (χ4n) is 1.34. The van der Waals surface area contributed by atoms with Crippen molar-refractivity contribution >= 4 is 10.8 Å². The van der Waals surface area contributed by atoms with Gasteiger partial charge >= 0.3 is 0 Å². The van der Waals surface area contributed by atoms with Crippen LogP contribution in [0.5, 0.6) is 0 Å². The highest BCUT2D eigenvalue weighted by Crippen LogP contribution is 2.35. The summed E-state index contributed by atoms with van der Waals surface area (Å²) in [5.74, 6) is 1.38. The van der Waals surface area contributed by atoms with Crippen molar-refractivity contribution < 1.29 is 13.7 Å². The van der Waals surface area contributed by atoms with Crippen molar-refractivity contribution in [3.05, 3.63) is 21.3 Å². The Bertz CT molecular complexity index is 284. The Morgan fingerprint density at radius 3 is 1.92 bits per heavy atom. The zero-order valence-corrected chi connectivity index (χ0v) is 7.86. The van der Waals surface area contributed by atoms with E-state index in [4.69, 9.17) is 9.47 Å². The fourth-order valence-corrected chi connectivity index (χ4v) is 2.44. The molecule has 0 aliphatic carbocycles. The van der Waals surface area contributed by atoms with E-state index in [0.717, 1.165) is 9.81 Å². The summed E-state index contributed by atoms with van der Waals surface area (Å²) in [5.41, 5.74) is 0. The molecular formula is C8H10O3S. The summed E-state index contributed by atoms with van der Waals surface area (Å²) >= 11 is 0. The molecule has 4 heteroatoms. The molecule has 0 aromatic rings. The lowest BCUT2D eigenvalue weighted by molar-refractivity contribution is 0.0591. The van der Waals surface area contributed by atoms with E-state index in [0.29, 0.717) is 24.7 Å². The second-order valence-corrected chi connectivity index (χ2v) is 4.50. The van der Waals surface area contributed by atoms with Gasteiger partial charge in [0, 0.05) is 0 Å². The van der Waals surface area contributed by atoms with Gasteiger partial charge in [-0.25, -0.2) is 4.21 Å². The van der Waals surface area contributed by atoms with Gasteiger partial charge in [0.25, 0.3) is 0 Å². The van der Waals surface area contributed by atoms with E-state index >= 15 is 0 Å². The summed E-state index contributed by atoms with van der Waals surface area (Å²) in [6, 6.07) is 0. The highest BCUT2D eigenvalue weighted by atomic mass is 32.2. The summed E-state index contributed by atoms with van der Waals surface area (Å²) in [5, 5.41) is 0. The van der Waals surface area contributed by atoms with Crippen LogP contribution in [0.25, 0.3) is 0 Å². The molecule has 66 valence electrons. The number of fused-ring (bicyclic) bond motifs is 1. The molecule has 0 saturated carbocycles. The average Bonchev–Trinajstić information content (AvgIpc) is 2.33. The molecule has 2 rings (SSSR count). The van der Waals surface area contributed by atoms with Gasteiger partial charge in [0.2, 0.25) is 0 Å². The smallest absolute Gasteiger partial charge is 0.174 e. The molecule has 2 aliphatic rings. The van der Waals surface area contributed by atoms with Crippen LogP contribution in [-0.2, 0) is 20.3 Å². The first kappa shape index (κ1) is 7.86. The Morgan fingerprint density at radius 2 is 1.50 bits per heavy atom. The van der Waals surface area contributed by atoms with Crippen molar-refractivity contribution in [1.82, 2.24) is 0 Å². The second kappa shape index (κ2) is 2.62. The summed E-state index contributed by atoms with van der Waals surface area (Å²) < 4.78 is 22.2. The van der Waals surface area contributed by atoms with Crippen LogP contribution in [0.3, 0.4) is 0 Å². The van der Waals surface area contributed by atoms with Crippen LogP contribution in [0, 0.1) is 0 Å². The van der Waals surface area contributed by atoms with Gasteiger partial charge in [-0.3, -0.25) is 0 Å². The monoisotopic (exact) mass is 186 g/mol. The van der Waals surface area contributed by atoms with Crippen LogP contribution in [-0.4, -0.2) is 17.4 Å². The minimum absolute atomic E-state index is 0.556. The Balaban J connectivity index is 2.49. The van der Waals surface area contributed by atoms with Crippen LogP contribution >= 0.6 is 0 Å². The standard InChI is InChI=1S/C8H10O3S/c1-5-7-8(6(2)12(5)9)11-4-3-10-7/h3-4H2,1-2H3. The van der Waals surface area contributed by atoms with Gasteiger partial charge in [0.05, 0.1) is 20.6 Å². The van der Waals surface area contributed by atoms with Gasteiger partial charge in [-0.1, -0.05) is 0 Å². The summed E-state index contributed by atoms with van der Waals surface area (Å²) in [6.45, 7) is 4.74. The molecule has 3 nitrogen and oxygen atoms in total. The van der Waals surface area contributed by atoms with E-state index in [-0.39, 0.29) is 0 Å². The quantitative estimate of drug-likeness (QED) is 0.571. The Labute approximate surface area is 73.5 Å². The molecule has 0 N–H and O–H groups in total. The molecular weight excluding hydrogens is 176 g/mol. The summed E-state index contributed by atoms with van der Waals surface area (Å²) in [6.07, 6.45) is 0. The molecule has 1 fully saturated rings. The van der Waals surface area contributed by atoms with E-state index in [2.05, 4.69) is 0 Å². The summed E-state index contributed by atoms with van der Waals surface area (Å²) in [4.78, 5) is 1.56. The molecule has 0 aromatic carbocycles. The first-order valence-corrected chi connectivity index (χ1v) is 4.96. The van der Waals surface area contributed by atoms with Crippen molar-refractivity contribution in [2.75, 3.05) is 13.2 Å². The SMILES string of the molecule is CC1=C2OCCOC2=C(C)S1=O. The van der Waals surface area contributed by atoms with Crippen molar-refractivity contribution in [2.24, 2.45) is 0 Å². The third-order valence-corrected chi connectivity index (χ3v) is 3.46. The van der Waals surface area contributed by atoms with Crippen LogP contribution in [0.4, 0.5) is 0 Å². The predicted octanol–water partition coefficient (Wildman–Crippen LogP) is 1.26. The zero-order chi connectivity index (χ0) is 8.72. The first-order chi connectivity index (χ1) is 5.72. The van der Waals surface area contributed by atoms with Crippen LogP contribution < -0.4 is 0 Å². The average molecular weight is 186 g/mol. The lowest BCUT2D eigenvalue weighted by Crippen LogP contribution is -2.13. The van der Waals surface area contributed by atoms with E-state index in [1.165, 1.54) is 0 Å². The van der Waals surface area contributed by atoms with Crippen molar-refractivity contribution in [3.63, 3.8) is 0 Å². The van der Waals surface area contributed by atoms with Gasteiger partial charge in [0.15, 0.2) is 11.5 Å². The topological polar surface area (TPSA) is 35.5 Å².